The van der Waals surface area contributed by atoms with Crippen LogP contribution in [0.2, 0.25) is 0 Å². The molecular formula is C32H31N5. The van der Waals surface area contributed by atoms with E-state index in [0.29, 0.717) is 19.0 Å². The lowest BCUT2D eigenvalue weighted by molar-refractivity contribution is 0.766. The summed E-state index contributed by atoms with van der Waals surface area (Å²) in [5.41, 5.74) is 25.5. The molecule has 0 bridgehead atoms. The number of para-hydroxylation sites is 1. The number of nitrogens with one attached hydrogen (secondary N) is 1. The summed E-state index contributed by atoms with van der Waals surface area (Å²) >= 11 is 0. The maximum atomic E-state index is 6.38. The minimum Gasteiger partial charge on any atom is -0.377 e. The van der Waals surface area contributed by atoms with Crippen molar-refractivity contribution in [3.63, 3.8) is 0 Å². The monoisotopic (exact) mass is 485 g/mol. The molecule has 3 aliphatic heterocycles. The van der Waals surface area contributed by atoms with Crippen LogP contribution in [0.5, 0.6) is 0 Å². The summed E-state index contributed by atoms with van der Waals surface area (Å²) < 4.78 is 0. The van der Waals surface area contributed by atoms with Gasteiger partial charge in [0.1, 0.15) is 0 Å². The fourth-order valence-electron chi connectivity index (χ4n) is 6.30. The normalized spacial score (nSPS) is 19.3. The molecule has 3 heterocycles. The lowest BCUT2D eigenvalue weighted by atomic mass is 9.92. The van der Waals surface area contributed by atoms with E-state index in [1.165, 1.54) is 55.9 Å². The molecule has 0 amide bonds. The highest BCUT2D eigenvalue weighted by Gasteiger charge is 2.34. The van der Waals surface area contributed by atoms with Crippen molar-refractivity contribution >= 4 is 17.3 Å². The van der Waals surface area contributed by atoms with Crippen LogP contribution in [0, 0.1) is 0 Å². The summed E-state index contributed by atoms with van der Waals surface area (Å²) in [7, 11) is 0. The van der Waals surface area contributed by atoms with Crippen molar-refractivity contribution < 1.29 is 0 Å². The minimum atomic E-state index is 0.126. The largest absolute Gasteiger partial charge is 0.377 e. The predicted octanol–water partition coefficient (Wildman–Crippen LogP) is 5.07. The number of nitrogens with zero attached hydrogens (tertiary/aromatic N) is 2. The maximum absolute atomic E-state index is 6.38. The summed E-state index contributed by atoms with van der Waals surface area (Å²) in [4.78, 5) is 6.85. The van der Waals surface area contributed by atoms with E-state index in [4.69, 9.17) is 11.5 Å². The molecule has 5 nitrogen and oxygen atoms in total. The molecule has 3 aliphatic rings. The molecule has 37 heavy (non-hydrogen) atoms. The van der Waals surface area contributed by atoms with Gasteiger partial charge in [0.2, 0.25) is 0 Å². The van der Waals surface area contributed by atoms with E-state index < -0.39 is 0 Å². The molecule has 4 aromatic rings. The molecule has 7 rings (SSSR count). The van der Waals surface area contributed by atoms with Crippen molar-refractivity contribution in [2.45, 2.75) is 31.3 Å². The smallest absolute Gasteiger partial charge is 0.196 e. The molecule has 0 fully saturated rings. The summed E-state index contributed by atoms with van der Waals surface area (Å²) in [5.74, 6) is 0.614. The summed E-state index contributed by atoms with van der Waals surface area (Å²) in [5, 5.41) is 3.73. The van der Waals surface area contributed by atoms with Crippen LogP contribution in [0.25, 0.3) is 0 Å². The molecular weight excluding hydrogens is 454 g/mol. The van der Waals surface area contributed by atoms with Crippen LogP contribution in [0.15, 0.2) is 89.9 Å². The summed E-state index contributed by atoms with van der Waals surface area (Å²) in [6, 6.07) is 31.3. The molecule has 0 saturated heterocycles. The first-order valence-corrected chi connectivity index (χ1v) is 13.1. The van der Waals surface area contributed by atoms with Crippen LogP contribution < -0.4 is 21.7 Å². The van der Waals surface area contributed by atoms with Gasteiger partial charge in [-0.3, -0.25) is 4.99 Å². The van der Waals surface area contributed by atoms with Crippen LogP contribution in [0.4, 0.5) is 11.4 Å². The van der Waals surface area contributed by atoms with Gasteiger partial charge in [-0.1, -0.05) is 72.8 Å². The number of nitrogens with two attached hydrogens (primary N) is 2. The number of benzene rings is 4. The van der Waals surface area contributed by atoms with Gasteiger partial charge in [-0.25, -0.2) is 0 Å². The minimum absolute atomic E-state index is 0.126. The van der Waals surface area contributed by atoms with Gasteiger partial charge in [0.05, 0.1) is 18.6 Å². The van der Waals surface area contributed by atoms with E-state index in [1.807, 2.05) is 0 Å². The molecule has 5 N–H and O–H groups in total. The molecule has 2 unspecified atom stereocenters. The molecule has 2 atom stereocenters. The third-order valence-corrected chi connectivity index (χ3v) is 8.15. The standard InChI is InChI=1S/C32H31N5/c33-18-29-26-7-3-1-5-22(26)16-24-12-10-21(15-28(24)36-29)13-20-9-11-23-17-25-6-2-4-8-30(25)37-31(27(23)14-20)19-35-32(37)34/h1-12,14-15,29,31,36H,13,16-19,33H2,(H2,34,35). The maximum Gasteiger partial charge on any atom is 0.196 e. The van der Waals surface area contributed by atoms with Crippen molar-refractivity contribution in [3.8, 4) is 0 Å². The molecule has 5 heteroatoms. The van der Waals surface area contributed by atoms with E-state index in [1.54, 1.807) is 0 Å². The van der Waals surface area contributed by atoms with E-state index in [9.17, 15) is 0 Å². The molecule has 0 radical (unpaired) electrons. The number of anilines is 2. The number of guanidine groups is 1. The average molecular weight is 486 g/mol. The first-order valence-electron chi connectivity index (χ1n) is 13.1. The Morgan fingerprint density at radius 1 is 0.784 bits per heavy atom. The third kappa shape index (κ3) is 3.78. The van der Waals surface area contributed by atoms with Crippen molar-refractivity contribution in [2.24, 2.45) is 16.5 Å². The van der Waals surface area contributed by atoms with Gasteiger partial charge in [0.25, 0.3) is 0 Å². The average Bonchev–Trinajstić information content (AvgIpc) is 3.14. The van der Waals surface area contributed by atoms with Gasteiger partial charge in [-0.2, -0.15) is 0 Å². The Morgan fingerprint density at radius 3 is 2.35 bits per heavy atom. The number of fused-ring (bicyclic) bond motifs is 7. The zero-order valence-corrected chi connectivity index (χ0v) is 20.8. The fraction of sp³-hybridized carbons (Fsp3) is 0.219. The van der Waals surface area contributed by atoms with Crippen LogP contribution in [-0.2, 0) is 19.3 Å². The third-order valence-electron chi connectivity index (χ3n) is 8.15. The summed E-state index contributed by atoms with van der Waals surface area (Å²) in [6.45, 7) is 1.26. The van der Waals surface area contributed by atoms with Crippen LogP contribution in [0.1, 0.15) is 56.6 Å². The van der Waals surface area contributed by atoms with Gasteiger partial charge < -0.3 is 21.7 Å². The fourth-order valence-corrected chi connectivity index (χ4v) is 6.30. The van der Waals surface area contributed by atoms with E-state index in [0.717, 1.165) is 19.3 Å². The van der Waals surface area contributed by atoms with Gasteiger partial charge in [-0.15, -0.1) is 0 Å². The van der Waals surface area contributed by atoms with Gasteiger partial charge >= 0.3 is 0 Å². The lowest BCUT2D eigenvalue weighted by Gasteiger charge is -2.26. The predicted molar refractivity (Wildman–Crippen MR) is 151 cm³/mol. The molecule has 184 valence electrons. The second-order valence-corrected chi connectivity index (χ2v) is 10.4. The Kier molecular flexibility index (Phi) is 5.26. The van der Waals surface area contributed by atoms with Gasteiger partial charge in [0, 0.05) is 17.9 Å². The van der Waals surface area contributed by atoms with Gasteiger partial charge in [0.15, 0.2) is 5.96 Å². The van der Waals surface area contributed by atoms with Crippen LogP contribution >= 0.6 is 0 Å². The number of hydrogen-bond acceptors (Lipinski definition) is 5. The molecule has 0 spiro atoms. The highest BCUT2D eigenvalue weighted by Crippen LogP contribution is 2.40. The van der Waals surface area contributed by atoms with Crippen LogP contribution in [0.3, 0.4) is 0 Å². The van der Waals surface area contributed by atoms with Crippen molar-refractivity contribution in [1.82, 2.24) is 0 Å². The number of rotatable bonds is 3. The first-order chi connectivity index (χ1) is 18.2. The molecule has 0 aromatic heterocycles. The Bertz CT molecular complexity index is 1540. The van der Waals surface area contributed by atoms with Crippen LogP contribution in [-0.4, -0.2) is 19.0 Å². The zero-order chi connectivity index (χ0) is 24.9. The quantitative estimate of drug-likeness (QED) is 0.378. The highest BCUT2D eigenvalue weighted by atomic mass is 15.3. The van der Waals surface area contributed by atoms with Crippen molar-refractivity contribution in [2.75, 3.05) is 23.3 Å². The van der Waals surface area contributed by atoms with Crippen molar-refractivity contribution in [1.29, 1.82) is 0 Å². The van der Waals surface area contributed by atoms with Gasteiger partial charge in [-0.05, 0) is 75.9 Å². The SMILES string of the molecule is NCC1Nc2cc(Cc3ccc4c(c3)C3CN=C(N)N3c3ccccc3C4)ccc2Cc2ccccc21. The second kappa shape index (κ2) is 8.79. The molecule has 4 aromatic carbocycles. The Hall–Kier alpha value is -4.09. The molecule has 0 aliphatic carbocycles. The van der Waals surface area contributed by atoms with E-state index in [2.05, 4.69) is 100 Å². The Morgan fingerprint density at radius 2 is 1.49 bits per heavy atom. The number of hydrogen-bond donors (Lipinski definition) is 3. The summed E-state index contributed by atoms with van der Waals surface area (Å²) in [6.07, 6.45) is 2.71. The first kappa shape index (κ1) is 22.1. The number of aliphatic imine (C=N–C) groups is 1. The highest BCUT2D eigenvalue weighted by molar-refractivity contribution is 5.98. The lowest BCUT2D eigenvalue weighted by Crippen LogP contribution is -2.36. The Balaban J connectivity index is 1.21. The molecule has 0 saturated carbocycles. The van der Waals surface area contributed by atoms with Crippen molar-refractivity contribution in [3.05, 3.63) is 129 Å². The topological polar surface area (TPSA) is 79.7 Å². The second-order valence-electron chi connectivity index (χ2n) is 10.4. The van der Waals surface area contributed by atoms with E-state index >= 15 is 0 Å². The zero-order valence-electron chi connectivity index (χ0n) is 20.8. The Labute approximate surface area is 217 Å². The van der Waals surface area contributed by atoms with E-state index in [-0.39, 0.29) is 12.1 Å².